The summed E-state index contributed by atoms with van der Waals surface area (Å²) in [5.74, 6) is 1.16. The van der Waals surface area contributed by atoms with E-state index >= 15 is 0 Å². The number of imidazole rings is 1. The Labute approximate surface area is 107 Å². The second-order valence-electron chi connectivity index (χ2n) is 5.26. The van der Waals surface area contributed by atoms with Crippen LogP contribution in [0.3, 0.4) is 0 Å². The molecule has 1 unspecified atom stereocenters. The highest BCUT2D eigenvalue weighted by Crippen LogP contribution is 2.31. The Morgan fingerprint density at radius 2 is 2.33 bits per heavy atom. The Morgan fingerprint density at radius 1 is 1.44 bits per heavy atom. The molecule has 1 fully saturated rings. The number of pyridine rings is 1. The van der Waals surface area contributed by atoms with Gasteiger partial charge < -0.3 is 9.88 Å². The summed E-state index contributed by atoms with van der Waals surface area (Å²) in [5.41, 5.74) is 2.20. The van der Waals surface area contributed by atoms with Crippen LogP contribution in [0, 0.1) is 0 Å². The normalized spacial score (nSPS) is 24.6. The van der Waals surface area contributed by atoms with E-state index in [1.54, 1.807) is 0 Å². The Hall–Kier alpha value is -1.42. The van der Waals surface area contributed by atoms with E-state index in [1.165, 1.54) is 18.4 Å². The predicted molar refractivity (Wildman–Crippen MR) is 72.4 cm³/mol. The van der Waals surface area contributed by atoms with Crippen molar-refractivity contribution in [2.45, 2.75) is 45.2 Å². The smallest absolute Gasteiger partial charge is 0.130 e. The highest BCUT2D eigenvalue weighted by molar-refractivity contribution is 5.75. The lowest BCUT2D eigenvalue weighted by Gasteiger charge is -2.34. The van der Waals surface area contributed by atoms with Gasteiger partial charge in [0.05, 0.1) is 17.3 Å². The number of rotatable bonds is 2. The van der Waals surface area contributed by atoms with Gasteiger partial charge in [-0.05, 0) is 45.7 Å². The minimum atomic E-state index is 0.00722. The molecule has 2 aromatic rings. The summed E-state index contributed by atoms with van der Waals surface area (Å²) in [5, 5.41) is 3.64. The Kier molecular flexibility index (Phi) is 2.82. The molecule has 0 amide bonds. The molecular formula is C14H20N4. The lowest BCUT2D eigenvalue weighted by molar-refractivity contribution is 0.262. The van der Waals surface area contributed by atoms with Crippen LogP contribution < -0.4 is 5.32 Å². The van der Waals surface area contributed by atoms with E-state index in [-0.39, 0.29) is 5.54 Å². The van der Waals surface area contributed by atoms with Crippen LogP contribution >= 0.6 is 0 Å². The molecule has 0 radical (unpaired) electrons. The van der Waals surface area contributed by atoms with Crippen molar-refractivity contribution < 1.29 is 0 Å². The molecule has 0 aliphatic carbocycles. The first kappa shape index (κ1) is 11.7. The van der Waals surface area contributed by atoms with Gasteiger partial charge in [0.2, 0.25) is 0 Å². The Balaban J connectivity index is 2.15. The minimum absolute atomic E-state index is 0.00722. The van der Waals surface area contributed by atoms with Gasteiger partial charge >= 0.3 is 0 Å². The molecule has 4 nitrogen and oxygen atoms in total. The van der Waals surface area contributed by atoms with Crippen molar-refractivity contribution in [1.29, 1.82) is 0 Å². The zero-order valence-corrected chi connectivity index (χ0v) is 11.1. The van der Waals surface area contributed by atoms with Crippen LogP contribution in [-0.2, 0) is 12.1 Å². The van der Waals surface area contributed by atoms with Crippen LogP contribution in [0.5, 0.6) is 0 Å². The highest BCUT2D eigenvalue weighted by Gasteiger charge is 2.33. The van der Waals surface area contributed by atoms with E-state index in [1.807, 2.05) is 12.4 Å². The maximum atomic E-state index is 4.82. The van der Waals surface area contributed by atoms with Crippen molar-refractivity contribution >= 4 is 11.0 Å². The molecule has 3 rings (SSSR count). The number of nitrogens with zero attached hydrogens (tertiary/aromatic N) is 3. The summed E-state index contributed by atoms with van der Waals surface area (Å²) in [6, 6.07) is 2.06. The summed E-state index contributed by atoms with van der Waals surface area (Å²) in [7, 11) is 0. The largest absolute Gasteiger partial charge is 0.327 e. The molecule has 4 heteroatoms. The predicted octanol–water partition coefficient (Wildman–Crippen LogP) is 2.44. The molecule has 2 aromatic heterocycles. The second-order valence-corrected chi connectivity index (χ2v) is 5.26. The molecule has 18 heavy (non-hydrogen) atoms. The Bertz CT molecular complexity index is 552. The number of aryl methyl sites for hydroxylation is 1. The summed E-state index contributed by atoms with van der Waals surface area (Å²) < 4.78 is 2.31. The highest BCUT2D eigenvalue weighted by atomic mass is 15.2. The monoisotopic (exact) mass is 244 g/mol. The fourth-order valence-electron chi connectivity index (χ4n) is 2.97. The Morgan fingerprint density at radius 3 is 3.06 bits per heavy atom. The van der Waals surface area contributed by atoms with Gasteiger partial charge in [-0.15, -0.1) is 0 Å². The van der Waals surface area contributed by atoms with Gasteiger partial charge in [-0.25, -0.2) is 4.98 Å². The van der Waals surface area contributed by atoms with Gasteiger partial charge in [-0.2, -0.15) is 0 Å². The SMILES string of the molecule is CCn1c(C2(C)CCCCN2)nc2cnccc21. The number of hydrogen-bond donors (Lipinski definition) is 1. The molecule has 1 aliphatic rings. The number of fused-ring (bicyclic) bond motifs is 1. The number of aromatic nitrogens is 3. The molecule has 96 valence electrons. The third kappa shape index (κ3) is 1.72. The third-order valence-electron chi connectivity index (χ3n) is 3.98. The van der Waals surface area contributed by atoms with Crippen molar-refractivity contribution in [3.63, 3.8) is 0 Å². The van der Waals surface area contributed by atoms with E-state index in [2.05, 4.69) is 34.8 Å². The zero-order valence-electron chi connectivity index (χ0n) is 11.1. The van der Waals surface area contributed by atoms with Crippen molar-refractivity contribution in [1.82, 2.24) is 19.9 Å². The van der Waals surface area contributed by atoms with E-state index < -0.39 is 0 Å². The molecule has 1 saturated heterocycles. The molecule has 3 heterocycles. The molecule has 1 aliphatic heterocycles. The van der Waals surface area contributed by atoms with Crippen molar-refractivity contribution in [3.05, 3.63) is 24.3 Å². The first-order valence-electron chi connectivity index (χ1n) is 6.80. The van der Waals surface area contributed by atoms with Gasteiger partial charge in [0, 0.05) is 12.7 Å². The average molecular weight is 244 g/mol. The van der Waals surface area contributed by atoms with Crippen LogP contribution in [0.25, 0.3) is 11.0 Å². The standard InChI is InChI=1S/C14H20N4/c1-3-18-12-6-9-15-10-11(12)17-13(18)14(2)7-4-5-8-16-14/h6,9-10,16H,3-5,7-8H2,1-2H3. The summed E-state index contributed by atoms with van der Waals surface area (Å²) in [4.78, 5) is 8.99. The molecule has 1 N–H and O–H groups in total. The van der Waals surface area contributed by atoms with Crippen LogP contribution in [0.15, 0.2) is 18.5 Å². The van der Waals surface area contributed by atoms with Crippen LogP contribution in [-0.4, -0.2) is 21.1 Å². The number of nitrogens with one attached hydrogen (secondary N) is 1. The fourth-order valence-corrected chi connectivity index (χ4v) is 2.97. The topological polar surface area (TPSA) is 42.7 Å². The van der Waals surface area contributed by atoms with Crippen molar-refractivity contribution in [2.24, 2.45) is 0 Å². The summed E-state index contributed by atoms with van der Waals surface area (Å²) in [6.07, 6.45) is 7.40. The molecule has 0 bridgehead atoms. The zero-order chi connectivity index (χ0) is 12.6. The maximum absolute atomic E-state index is 4.82. The number of hydrogen-bond acceptors (Lipinski definition) is 3. The first-order chi connectivity index (χ1) is 8.74. The first-order valence-corrected chi connectivity index (χ1v) is 6.80. The van der Waals surface area contributed by atoms with Gasteiger partial charge in [-0.3, -0.25) is 4.98 Å². The van der Waals surface area contributed by atoms with E-state index in [0.29, 0.717) is 0 Å². The molecule has 0 saturated carbocycles. The quantitative estimate of drug-likeness (QED) is 0.882. The van der Waals surface area contributed by atoms with Gasteiger partial charge in [0.1, 0.15) is 11.3 Å². The average Bonchev–Trinajstić information content (AvgIpc) is 2.79. The lowest BCUT2D eigenvalue weighted by Crippen LogP contribution is -2.45. The van der Waals surface area contributed by atoms with Gasteiger partial charge in [-0.1, -0.05) is 0 Å². The van der Waals surface area contributed by atoms with E-state index in [4.69, 9.17) is 4.98 Å². The maximum Gasteiger partial charge on any atom is 0.130 e. The number of piperidine rings is 1. The molecular weight excluding hydrogens is 224 g/mol. The van der Waals surface area contributed by atoms with Gasteiger partial charge in [0.15, 0.2) is 0 Å². The van der Waals surface area contributed by atoms with Crippen molar-refractivity contribution in [2.75, 3.05) is 6.54 Å². The van der Waals surface area contributed by atoms with Crippen molar-refractivity contribution in [3.8, 4) is 0 Å². The summed E-state index contributed by atoms with van der Waals surface area (Å²) in [6.45, 7) is 6.49. The lowest BCUT2D eigenvalue weighted by atomic mass is 9.90. The fraction of sp³-hybridized carbons (Fsp3) is 0.571. The third-order valence-corrected chi connectivity index (χ3v) is 3.98. The van der Waals surface area contributed by atoms with E-state index in [0.717, 1.165) is 30.9 Å². The van der Waals surface area contributed by atoms with Crippen LogP contribution in [0.1, 0.15) is 38.9 Å². The second kappa shape index (κ2) is 4.35. The van der Waals surface area contributed by atoms with Gasteiger partial charge in [0.25, 0.3) is 0 Å². The summed E-state index contributed by atoms with van der Waals surface area (Å²) >= 11 is 0. The molecule has 1 atom stereocenters. The molecule has 0 aromatic carbocycles. The van der Waals surface area contributed by atoms with Crippen LogP contribution in [0.4, 0.5) is 0 Å². The van der Waals surface area contributed by atoms with E-state index in [9.17, 15) is 0 Å². The van der Waals surface area contributed by atoms with Crippen LogP contribution in [0.2, 0.25) is 0 Å². The molecule has 0 spiro atoms. The minimum Gasteiger partial charge on any atom is -0.327 e.